The van der Waals surface area contributed by atoms with Crippen molar-refractivity contribution in [3.05, 3.63) is 83.9 Å². The highest BCUT2D eigenvalue weighted by atomic mass is 14.4. The van der Waals surface area contributed by atoms with Gasteiger partial charge in [-0.2, -0.15) is 0 Å². The highest BCUT2D eigenvalue weighted by Gasteiger charge is 2.32. The van der Waals surface area contributed by atoms with Crippen LogP contribution >= 0.6 is 0 Å². The molecule has 2 aromatic carbocycles. The first-order valence-electron chi connectivity index (χ1n) is 7.42. The quantitative estimate of drug-likeness (QED) is 0.695. The third-order valence-corrected chi connectivity index (χ3v) is 4.58. The number of allylic oxidation sites excluding steroid dienone is 4. The maximum atomic E-state index is 2.51. The van der Waals surface area contributed by atoms with E-state index < -0.39 is 0 Å². The van der Waals surface area contributed by atoms with E-state index in [9.17, 15) is 0 Å². The fraction of sp³-hybridized carbons (Fsp3) is 0.200. The van der Waals surface area contributed by atoms with Gasteiger partial charge in [-0.3, -0.25) is 0 Å². The van der Waals surface area contributed by atoms with Crippen LogP contribution in [0.1, 0.15) is 24.0 Å². The van der Waals surface area contributed by atoms with Gasteiger partial charge < -0.3 is 0 Å². The van der Waals surface area contributed by atoms with Crippen LogP contribution in [0.25, 0.3) is 11.1 Å². The van der Waals surface area contributed by atoms with Crippen LogP contribution in [-0.4, -0.2) is 0 Å². The standard InChI is InChI=1S/C20H18/c1-3-7-15(8-4-1)17-11-19-13-18(14-20(19)12-17)16-9-5-2-6-10-16/h1-11,14,19-20H,12-13H2/t19-,20-. The Morgan fingerprint density at radius 2 is 0.950 bits per heavy atom. The molecule has 2 aromatic rings. The molecule has 0 saturated carbocycles. The van der Waals surface area contributed by atoms with Gasteiger partial charge in [0, 0.05) is 0 Å². The average molecular weight is 258 g/mol. The fourth-order valence-electron chi connectivity index (χ4n) is 3.56. The number of rotatable bonds is 2. The molecule has 0 bridgehead atoms. The van der Waals surface area contributed by atoms with E-state index in [1.54, 1.807) is 0 Å². The summed E-state index contributed by atoms with van der Waals surface area (Å²) in [6.07, 6.45) is 7.41. The third kappa shape index (κ3) is 2.02. The lowest BCUT2D eigenvalue weighted by Gasteiger charge is -2.05. The molecule has 20 heavy (non-hydrogen) atoms. The Morgan fingerprint density at radius 1 is 0.550 bits per heavy atom. The van der Waals surface area contributed by atoms with E-state index >= 15 is 0 Å². The fourth-order valence-corrected chi connectivity index (χ4v) is 3.56. The summed E-state index contributed by atoms with van der Waals surface area (Å²) in [5.74, 6) is 1.42. The number of hydrogen-bond donors (Lipinski definition) is 0. The Morgan fingerprint density at radius 3 is 1.35 bits per heavy atom. The van der Waals surface area contributed by atoms with Gasteiger partial charge in [0.2, 0.25) is 0 Å². The van der Waals surface area contributed by atoms with Crippen molar-refractivity contribution in [2.45, 2.75) is 12.8 Å². The molecule has 0 unspecified atom stereocenters. The second-order valence-electron chi connectivity index (χ2n) is 5.85. The van der Waals surface area contributed by atoms with Crippen molar-refractivity contribution < 1.29 is 0 Å². The van der Waals surface area contributed by atoms with E-state index in [1.165, 1.54) is 35.1 Å². The first-order chi connectivity index (χ1) is 9.90. The van der Waals surface area contributed by atoms with Crippen LogP contribution in [0.5, 0.6) is 0 Å². The van der Waals surface area contributed by atoms with Crippen molar-refractivity contribution in [3.8, 4) is 0 Å². The third-order valence-electron chi connectivity index (χ3n) is 4.58. The molecule has 4 rings (SSSR count). The van der Waals surface area contributed by atoms with Crippen LogP contribution in [0.4, 0.5) is 0 Å². The molecule has 0 fully saturated rings. The topological polar surface area (TPSA) is 0 Å². The van der Waals surface area contributed by atoms with Crippen molar-refractivity contribution in [1.82, 2.24) is 0 Å². The molecule has 0 heteroatoms. The van der Waals surface area contributed by atoms with Crippen molar-refractivity contribution in [3.63, 3.8) is 0 Å². The van der Waals surface area contributed by atoms with Crippen molar-refractivity contribution >= 4 is 11.1 Å². The van der Waals surface area contributed by atoms with Crippen molar-refractivity contribution in [2.24, 2.45) is 11.8 Å². The Kier molecular flexibility index (Phi) is 2.81. The van der Waals surface area contributed by atoms with E-state index in [-0.39, 0.29) is 0 Å². The van der Waals surface area contributed by atoms with Crippen LogP contribution in [-0.2, 0) is 0 Å². The second-order valence-corrected chi connectivity index (χ2v) is 5.85. The Labute approximate surface area is 120 Å². The van der Waals surface area contributed by atoms with Gasteiger partial charge in [-0.05, 0) is 47.0 Å². The summed E-state index contributed by atoms with van der Waals surface area (Å²) in [5.41, 5.74) is 5.86. The molecule has 0 aromatic heterocycles. The molecule has 0 nitrogen and oxygen atoms in total. The van der Waals surface area contributed by atoms with Crippen LogP contribution in [0.15, 0.2) is 72.8 Å². The molecular formula is C20H18. The maximum absolute atomic E-state index is 2.51. The lowest BCUT2D eigenvalue weighted by molar-refractivity contribution is 0.555. The van der Waals surface area contributed by atoms with E-state index in [0.717, 1.165) is 0 Å². The smallest absolute Gasteiger partial charge is 0.0120 e. The molecular weight excluding hydrogens is 240 g/mol. The van der Waals surface area contributed by atoms with E-state index in [1.807, 2.05) is 0 Å². The van der Waals surface area contributed by atoms with Gasteiger partial charge in [0.05, 0.1) is 0 Å². The molecule has 0 N–H and O–H groups in total. The van der Waals surface area contributed by atoms with Gasteiger partial charge in [-0.15, -0.1) is 0 Å². The summed E-state index contributed by atoms with van der Waals surface area (Å²) in [6, 6.07) is 21.6. The van der Waals surface area contributed by atoms with Crippen LogP contribution in [0.3, 0.4) is 0 Å². The molecule has 98 valence electrons. The molecule has 0 heterocycles. The highest BCUT2D eigenvalue weighted by molar-refractivity contribution is 5.74. The first kappa shape index (κ1) is 11.7. The highest BCUT2D eigenvalue weighted by Crippen LogP contribution is 2.47. The first-order valence-corrected chi connectivity index (χ1v) is 7.42. The number of hydrogen-bond acceptors (Lipinski definition) is 0. The van der Waals surface area contributed by atoms with Crippen molar-refractivity contribution in [1.29, 1.82) is 0 Å². The molecule has 2 aliphatic rings. The predicted molar refractivity (Wildman–Crippen MR) is 85.1 cm³/mol. The summed E-state index contributed by atoms with van der Waals surface area (Å²) < 4.78 is 0. The minimum atomic E-state index is 0.709. The van der Waals surface area contributed by atoms with Crippen molar-refractivity contribution in [2.75, 3.05) is 0 Å². The predicted octanol–water partition coefficient (Wildman–Crippen LogP) is 5.19. The van der Waals surface area contributed by atoms with Gasteiger partial charge in [0.15, 0.2) is 0 Å². The summed E-state index contributed by atoms with van der Waals surface area (Å²) in [5, 5.41) is 0. The van der Waals surface area contributed by atoms with Gasteiger partial charge >= 0.3 is 0 Å². The lowest BCUT2D eigenvalue weighted by atomic mass is 9.98. The van der Waals surface area contributed by atoms with E-state index in [0.29, 0.717) is 11.8 Å². The monoisotopic (exact) mass is 258 g/mol. The minimum absolute atomic E-state index is 0.709. The van der Waals surface area contributed by atoms with E-state index in [4.69, 9.17) is 0 Å². The molecule has 2 atom stereocenters. The zero-order chi connectivity index (χ0) is 13.4. The summed E-state index contributed by atoms with van der Waals surface area (Å²) in [4.78, 5) is 0. The van der Waals surface area contributed by atoms with Crippen LogP contribution in [0, 0.1) is 11.8 Å². The van der Waals surface area contributed by atoms with Crippen LogP contribution in [0.2, 0.25) is 0 Å². The van der Waals surface area contributed by atoms with Gasteiger partial charge in [-0.25, -0.2) is 0 Å². The molecule has 0 radical (unpaired) electrons. The molecule has 0 spiro atoms. The zero-order valence-electron chi connectivity index (χ0n) is 11.5. The average Bonchev–Trinajstić information content (AvgIpc) is 3.08. The second kappa shape index (κ2) is 4.79. The molecule has 2 aliphatic carbocycles. The normalized spacial score (nSPS) is 24.2. The SMILES string of the molecule is C1=C(c2ccccc2)C[C@H]2C=C(c3ccccc3)C[C@H]12. The largest absolute Gasteiger partial charge is 0.0767 e. The van der Waals surface area contributed by atoms with Crippen LogP contribution < -0.4 is 0 Å². The number of benzene rings is 2. The molecule has 0 aliphatic heterocycles. The molecule has 0 amide bonds. The maximum Gasteiger partial charge on any atom is -0.0120 e. The lowest BCUT2D eigenvalue weighted by Crippen LogP contribution is -1.97. The Balaban J connectivity index is 1.56. The Hall–Kier alpha value is -2.08. The van der Waals surface area contributed by atoms with Gasteiger partial charge in [-0.1, -0.05) is 72.8 Å². The van der Waals surface area contributed by atoms with E-state index in [2.05, 4.69) is 72.8 Å². The summed E-state index contributed by atoms with van der Waals surface area (Å²) in [7, 11) is 0. The molecule has 0 saturated heterocycles. The minimum Gasteiger partial charge on any atom is -0.0767 e. The number of fused-ring (bicyclic) bond motifs is 1. The summed E-state index contributed by atoms with van der Waals surface area (Å²) in [6.45, 7) is 0. The Bertz CT molecular complexity index is 600. The van der Waals surface area contributed by atoms with Gasteiger partial charge in [0.25, 0.3) is 0 Å². The van der Waals surface area contributed by atoms with Gasteiger partial charge in [0.1, 0.15) is 0 Å². The zero-order valence-corrected chi connectivity index (χ0v) is 11.5. The summed E-state index contributed by atoms with van der Waals surface area (Å²) >= 11 is 0.